The van der Waals surface area contributed by atoms with Crippen LogP contribution in [0.5, 0.6) is 5.75 Å². The van der Waals surface area contributed by atoms with Gasteiger partial charge in [0.15, 0.2) is 0 Å². The molecule has 0 atom stereocenters. The predicted molar refractivity (Wildman–Crippen MR) is 108 cm³/mol. The topological polar surface area (TPSA) is 95.3 Å². The van der Waals surface area contributed by atoms with Gasteiger partial charge in [0, 0.05) is 13.7 Å². The van der Waals surface area contributed by atoms with Crippen molar-refractivity contribution in [3.63, 3.8) is 0 Å². The Labute approximate surface area is 170 Å². The summed E-state index contributed by atoms with van der Waals surface area (Å²) in [5.41, 5.74) is 2.68. The van der Waals surface area contributed by atoms with E-state index < -0.39 is 10.0 Å². The number of hydrogen-bond acceptors (Lipinski definition) is 6. The van der Waals surface area contributed by atoms with E-state index in [1.807, 2.05) is 31.2 Å². The molecule has 8 nitrogen and oxygen atoms in total. The number of benzene rings is 2. The van der Waals surface area contributed by atoms with Gasteiger partial charge in [-0.3, -0.25) is 0 Å². The van der Waals surface area contributed by atoms with E-state index in [2.05, 4.69) is 14.8 Å². The SMILES string of the molecule is COCCOc1ccc(S(=O)(=O)NCc2ccc(Cn3cncn3)cc2)cc1C. The van der Waals surface area contributed by atoms with E-state index in [1.54, 1.807) is 36.3 Å². The van der Waals surface area contributed by atoms with Gasteiger partial charge in [-0.25, -0.2) is 22.8 Å². The number of methoxy groups -OCH3 is 1. The zero-order valence-electron chi connectivity index (χ0n) is 16.4. The number of aryl methyl sites for hydroxylation is 1. The summed E-state index contributed by atoms with van der Waals surface area (Å²) >= 11 is 0. The number of aromatic nitrogens is 3. The summed E-state index contributed by atoms with van der Waals surface area (Å²) in [6, 6.07) is 12.5. The molecule has 0 radical (unpaired) electrons. The van der Waals surface area contributed by atoms with Crippen molar-refractivity contribution < 1.29 is 17.9 Å². The fourth-order valence-corrected chi connectivity index (χ4v) is 3.81. The van der Waals surface area contributed by atoms with E-state index in [0.717, 1.165) is 16.7 Å². The van der Waals surface area contributed by atoms with Crippen LogP contribution in [0.3, 0.4) is 0 Å². The van der Waals surface area contributed by atoms with Crippen LogP contribution < -0.4 is 9.46 Å². The maximum absolute atomic E-state index is 12.6. The maximum atomic E-state index is 12.6. The molecule has 154 valence electrons. The van der Waals surface area contributed by atoms with Gasteiger partial charge < -0.3 is 9.47 Å². The summed E-state index contributed by atoms with van der Waals surface area (Å²) in [5, 5.41) is 4.07. The predicted octanol–water partition coefficient (Wildman–Crippen LogP) is 2.14. The number of ether oxygens (including phenoxy) is 2. The molecule has 29 heavy (non-hydrogen) atoms. The van der Waals surface area contributed by atoms with Crippen LogP contribution in [0.1, 0.15) is 16.7 Å². The highest BCUT2D eigenvalue weighted by molar-refractivity contribution is 7.89. The van der Waals surface area contributed by atoms with E-state index >= 15 is 0 Å². The largest absolute Gasteiger partial charge is 0.491 e. The lowest BCUT2D eigenvalue weighted by Gasteiger charge is -2.12. The molecule has 0 saturated carbocycles. The molecule has 0 bridgehead atoms. The van der Waals surface area contributed by atoms with Crippen LogP contribution in [0.25, 0.3) is 0 Å². The van der Waals surface area contributed by atoms with E-state index in [-0.39, 0.29) is 11.4 Å². The van der Waals surface area contributed by atoms with Crippen molar-refractivity contribution in [3.8, 4) is 5.75 Å². The zero-order valence-corrected chi connectivity index (χ0v) is 17.2. The third-order valence-corrected chi connectivity index (χ3v) is 5.70. The molecular formula is C20H24N4O4S. The smallest absolute Gasteiger partial charge is 0.240 e. The van der Waals surface area contributed by atoms with Gasteiger partial charge in [0.1, 0.15) is 25.0 Å². The lowest BCUT2D eigenvalue weighted by atomic mass is 10.1. The van der Waals surface area contributed by atoms with E-state index in [4.69, 9.17) is 9.47 Å². The Morgan fingerprint density at radius 1 is 1.07 bits per heavy atom. The molecule has 1 aromatic heterocycles. The van der Waals surface area contributed by atoms with Gasteiger partial charge in [-0.2, -0.15) is 5.10 Å². The number of sulfonamides is 1. The second kappa shape index (κ2) is 9.64. The van der Waals surface area contributed by atoms with Crippen molar-refractivity contribution >= 4 is 10.0 Å². The van der Waals surface area contributed by atoms with Gasteiger partial charge in [-0.05, 0) is 41.8 Å². The molecule has 1 heterocycles. The minimum absolute atomic E-state index is 0.205. The van der Waals surface area contributed by atoms with Crippen LogP contribution in [0.2, 0.25) is 0 Å². The second-order valence-corrected chi connectivity index (χ2v) is 8.27. The first-order chi connectivity index (χ1) is 14.0. The van der Waals surface area contributed by atoms with Crippen molar-refractivity contribution in [1.82, 2.24) is 19.5 Å². The number of nitrogens with one attached hydrogen (secondary N) is 1. The first-order valence-corrected chi connectivity index (χ1v) is 10.6. The van der Waals surface area contributed by atoms with Crippen molar-refractivity contribution in [2.24, 2.45) is 0 Å². The highest BCUT2D eigenvalue weighted by Crippen LogP contribution is 2.22. The normalized spacial score (nSPS) is 11.5. The van der Waals surface area contributed by atoms with E-state index in [9.17, 15) is 8.42 Å². The molecule has 0 spiro atoms. The molecule has 9 heteroatoms. The third kappa shape index (κ3) is 5.86. The number of rotatable bonds is 10. The monoisotopic (exact) mass is 416 g/mol. The Morgan fingerprint density at radius 3 is 2.48 bits per heavy atom. The molecule has 0 aliphatic carbocycles. The van der Waals surface area contributed by atoms with Gasteiger partial charge in [-0.1, -0.05) is 24.3 Å². The molecule has 3 aromatic rings. The molecule has 0 aliphatic rings. The van der Waals surface area contributed by atoms with Gasteiger partial charge in [0.25, 0.3) is 0 Å². The fraction of sp³-hybridized carbons (Fsp3) is 0.300. The van der Waals surface area contributed by atoms with Gasteiger partial charge in [0.05, 0.1) is 18.0 Å². The van der Waals surface area contributed by atoms with E-state index in [1.165, 1.54) is 6.33 Å². The lowest BCUT2D eigenvalue weighted by molar-refractivity contribution is 0.146. The minimum Gasteiger partial charge on any atom is -0.491 e. The van der Waals surface area contributed by atoms with Crippen LogP contribution in [0, 0.1) is 6.92 Å². The summed E-state index contributed by atoms with van der Waals surface area (Å²) in [5.74, 6) is 0.643. The Bertz CT molecular complexity index is 1020. The highest BCUT2D eigenvalue weighted by atomic mass is 32.2. The molecule has 0 aliphatic heterocycles. The lowest BCUT2D eigenvalue weighted by Crippen LogP contribution is -2.23. The van der Waals surface area contributed by atoms with Crippen LogP contribution >= 0.6 is 0 Å². The highest BCUT2D eigenvalue weighted by Gasteiger charge is 2.15. The Hall–Kier alpha value is -2.75. The standard InChI is InChI=1S/C20H24N4O4S/c1-16-11-19(7-8-20(16)28-10-9-27-2)29(25,26)23-12-17-3-5-18(6-4-17)13-24-15-21-14-22-24/h3-8,11,14-15,23H,9-10,12-13H2,1-2H3. The van der Waals surface area contributed by atoms with Crippen LogP contribution in [0.4, 0.5) is 0 Å². The average Bonchev–Trinajstić information content (AvgIpc) is 3.22. The summed E-state index contributed by atoms with van der Waals surface area (Å²) in [7, 11) is -2.03. The number of nitrogens with zero attached hydrogens (tertiary/aromatic N) is 3. The van der Waals surface area contributed by atoms with Gasteiger partial charge in [0.2, 0.25) is 10.0 Å². The van der Waals surface area contributed by atoms with Crippen LogP contribution in [0.15, 0.2) is 60.0 Å². The first-order valence-electron chi connectivity index (χ1n) is 9.10. The molecule has 3 rings (SSSR count). The molecule has 0 saturated heterocycles. The molecule has 0 fully saturated rings. The van der Waals surface area contributed by atoms with Gasteiger partial charge in [-0.15, -0.1) is 0 Å². The van der Waals surface area contributed by atoms with Crippen molar-refractivity contribution in [2.75, 3.05) is 20.3 Å². The molecule has 0 unspecified atom stereocenters. The molecular weight excluding hydrogens is 392 g/mol. The summed E-state index contributed by atoms with van der Waals surface area (Å²) < 4.78 is 40.1. The summed E-state index contributed by atoms with van der Waals surface area (Å²) in [6.45, 7) is 3.52. The molecule has 2 aromatic carbocycles. The third-order valence-electron chi connectivity index (χ3n) is 4.30. The Balaban J connectivity index is 1.60. The van der Waals surface area contributed by atoms with Crippen LogP contribution in [-0.4, -0.2) is 43.5 Å². The van der Waals surface area contributed by atoms with Crippen LogP contribution in [-0.2, 0) is 27.8 Å². The first kappa shape index (κ1) is 21.0. The van der Waals surface area contributed by atoms with E-state index in [0.29, 0.717) is 25.5 Å². The Kier molecular flexibility index (Phi) is 6.97. The van der Waals surface area contributed by atoms with Crippen molar-refractivity contribution in [2.45, 2.75) is 24.9 Å². The van der Waals surface area contributed by atoms with Gasteiger partial charge >= 0.3 is 0 Å². The Morgan fingerprint density at radius 2 is 1.83 bits per heavy atom. The summed E-state index contributed by atoms with van der Waals surface area (Å²) in [4.78, 5) is 4.12. The van der Waals surface area contributed by atoms with Crippen molar-refractivity contribution in [1.29, 1.82) is 0 Å². The fourth-order valence-electron chi connectivity index (χ4n) is 2.71. The average molecular weight is 417 g/mol. The number of hydrogen-bond donors (Lipinski definition) is 1. The molecule has 1 N–H and O–H groups in total. The second-order valence-electron chi connectivity index (χ2n) is 6.50. The molecule has 0 amide bonds. The zero-order chi connectivity index (χ0) is 20.7. The maximum Gasteiger partial charge on any atom is 0.240 e. The van der Waals surface area contributed by atoms with Crippen molar-refractivity contribution in [3.05, 3.63) is 71.8 Å². The quantitative estimate of drug-likeness (QED) is 0.509. The summed E-state index contributed by atoms with van der Waals surface area (Å²) in [6.07, 6.45) is 3.14. The minimum atomic E-state index is -3.63.